The van der Waals surface area contributed by atoms with Crippen molar-refractivity contribution in [2.45, 2.75) is 25.9 Å². The van der Waals surface area contributed by atoms with Crippen LogP contribution in [0.5, 0.6) is 5.75 Å². The van der Waals surface area contributed by atoms with E-state index in [4.69, 9.17) is 4.74 Å². The SMILES string of the molecule is CCc1ccccc1OC1CN(C(=O)Cc2nn[nH]n2)C1. The largest absolute Gasteiger partial charge is 0.486 e. The van der Waals surface area contributed by atoms with Crippen LogP contribution in [0.2, 0.25) is 0 Å². The van der Waals surface area contributed by atoms with Crippen LogP contribution in [0, 0.1) is 0 Å². The number of benzene rings is 1. The number of amides is 1. The lowest BCUT2D eigenvalue weighted by molar-refractivity contribution is -0.139. The molecule has 1 aliphatic rings. The minimum atomic E-state index is 0.0000247. The number of nitrogens with zero attached hydrogens (tertiary/aromatic N) is 4. The van der Waals surface area contributed by atoms with Gasteiger partial charge < -0.3 is 9.64 Å². The van der Waals surface area contributed by atoms with E-state index in [-0.39, 0.29) is 18.4 Å². The number of hydrogen-bond donors (Lipinski definition) is 1. The second-order valence-electron chi connectivity index (χ2n) is 5.00. The van der Waals surface area contributed by atoms with Gasteiger partial charge in [0.25, 0.3) is 0 Å². The average Bonchev–Trinajstić information content (AvgIpc) is 2.95. The van der Waals surface area contributed by atoms with Crippen LogP contribution >= 0.6 is 0 Å². The third-order valence-electron chi connectivity index (χ3n) is 3.55. The van der Waals surface area contributed by atoms with E-state index < -0.39 is 0 Å². The Bertz CT molecular complexity index is 608. The molecule has 1 aliphatic heterocycles. The summed E-state index contributed by atoms with van der Waals surface area (Å²) in [6, 6.07) is 8.01. The lowest BCUT2D eigenvalue weighted by Crippen LogP contribution is -2.56. The molecule has 110 valence electrons. The number of likely N-dealkylation sites (tertiary alicyclic amines) is 1. The quantitative estimate of drug-likeness (QED) is 0.870. The highest BCUT2D eigenvalue weighted by Gasteiger charge is 2.32. The summed E-state index contributed by atoms with van der Waals surface area (Å²) in [4.78, 5) is 13.7. The van der Waals surface area contributed by atoms with Crippen molar-refractivity contribution in [3.8, 4) is 5.75 Å². The van der Waals surface area contributed by atoms with Gasteiger partial charge in [0, 0.05) is 0 Å². The third-order valence-corrected chi connectivity index (χ3v) is 3.55. The maximum absolute atomic E-state index is 12.0. The number of ether oxygens (including phenoxy) is 1. The molecule has 1 aromatic carbocycles. The second-order valence-corrected chi connectivity index (χ2v) is 5.00. The number of tetrazole rings is 1. The monoisotopic (exact) mass is 287 g/mol. The zero-order valence-corrected chi connectivity index (χ0v) is 11.8. The summed E-state index contributed by atoms with van der Waals surface area (Å²) in [7, 11) is 0. The van der Waals surface area contributed by atoms with Gasteiger partial charge in [-0.3, -0.25) is 4.79 Å². The summed E-state index contributed by atoms with van der Waals surface area (Å²) >= 11 is 0. The highest BCUT2D eigenvalue weighted by atomic mass is 16.5. The van der Waals surface area contributed by atoms with Gasteiger partial charge in [0.2, 0.25) is 5.91 Å². The Morgan fingerprint density at radius 3 is 2.95 bits per heavy atom. The summed E-state index contributed by atoms with van der Waals surface area (Å²) in [5.41, 5.74) is 1.19. The number of carbonyl (C=O) groups excluding carboxylic acids is 1. The Balaban J connectivity index is 1.50. The fraction of sp³-hybridized carbons (Fsp3) is 0.429. The Morgan fingerprint density at radius 1 is 1.43 bits per heavy atom. The van der Waals surface area contributed by atoms with Crippen molar-refractivity contribution in [3.05, 3.63) is 35.7 Å². The molecule has 3 rings (SSSR count). The van der Waals surface area contributed by atoms with E-state index in [1.165, 1.54) is 5.56 Å². The molecule has 1 fully saturated rings. The molecule has 7 nitrogen and oxygen atoms in total. The Morgan fingerprint density at radius 2 is 2.24 bits per heavy atom. The predicted octanol–water partition coefficient (Wildman–Crippen LogP) is 0.594. The van der Waals surface area contributed by atoms with Crippen LogP contribution in [0.4, 0.5) is 0 Å². The summed E-state index contributed by atoms with van der Waals surface area (Å²) in [5, 5.41) is 13.3. The number of carbonyl (C=O) groups is 1. The molecule has 0 unspecified atom stereocenters. The third kappa shape index (κ3) is 3.01. The Hall–Kier alpha value is -2.44. The molecule has 2 aromatic rings. The van der Waals surface area contributed by atoms with Crippen LogP contribution in [0.1, 0.15) is 18.3 Å². The minimum Gasteiger partial charge on any atom is -0.486 e. The molecule has 1 N–H and O–H groups in total. The molecule has 0 radical (unpaired) electrons. The van der Waals surface area contributed by atoms with Gasteiger partial charge in [0.15, 0.2) is 5.82 Å². The van der Waals surface area contributed by atoms with Gasteiger partial charge in [-0.15, -0.1) is 10.2 Å². The molecule has 0 bridgehead atoms. The molecular weight excluding hydrogens is 270 g/mol. The first-order valence-corrected chi connectivity index (χ1v) is 7.01. The number of para-hydroxylation sites is 1. The van der Waals surface area contributed by atoms with Crippen LogP contribution in [0.15, 0.2) is 24.3 Å². The van der Waals surface area contributed by atoms with E-state index in [0.29, 0.717) is 18.9 Å². The number of aromatic nitrogens is 4. The van der Waals surface area contributed by atoms with Crippen molar-refractivity contribution >= 4 is 5.91 Å². The van der Waals surface area contributed by atoms with Crippen LogP contribution in [0.3, 0.4) is 0 Å². The molecule has 0 spiro atoms. The van der Waals surface area contributed by atoms with Gasteiger partial charge in [-0.25, -0.2) is 0 Å². The number of hydrogen-bond acceptors (Lipinski definition) is 5. The van der Waals surface area contributed by atoms with Crippen molar-refractivity contribution in [3.63, 3.8) is 0 Å². The summed E-state index contributed by atoms with van der Waals surface area (Å²) < 4.78 is 5.94. The number of aromatic amines is 1. The lowest BCUT2D eigenvalue weighted by Gasteiger charge is -2.39. The number of rotatable bonds is 5. The van der Waals surface area contributed by atoms with Gasteiger partial charge in [-0.05, 0) is 18.1 Å². The predicted molar refractivity (Wildman–Crippen MR) is 74.7 cm³/mol. The number of aryl methyl sites for hydroxylation is 1. The van der Waals surface area contributed by atoms with Crippen LogP contribution in [-0.2, 0) is 17.6 Å². The van der Waals surface area contributed by atoms with Gasteiger partial charge in [0.1, 0.15) is 11.9 Å². The van der Waals surface area contributed by atoms with E-state index in [2.05, 4.69) is 33.6 Å². The highest BCUT2D eigenvalue weighted by molar-refractivity contribution is 5.78. The maximum atomic E-state index is 12.0. The minimum absolute atomic E-state index is 0.0000247. The zero-order chi connectivity index (χ0) is 14.7. The molecule has 0 saturated carbocycles. The van der Waals surface area contributed by atoms with E-state index >= 15 is 0 Å². The van der Waals surface area contributed by atoms with Crippen molar-refractivity contribution in [2.75, 3.05) is 13.1 Å². The average molecular weight is 287 g/mol. The number of nitrogens with one attached hydrogen (secondary N) is 1. The smallest absolute Gasteiger partial charge is 0.230 e. The first kappa shape index (κ1) is 13.5. The molecule has 0 atom stereocenters. The molecule has 1 saturated heterocycles. The molecule has 0 aliphatic carbocycles. The topological polar surface area (TPSA) is 84.0 Å². The normalized spacial score (nSPS) is 14.8. The lowest BCUT2D eigenvalue weighted by atomic mass is 10.1. The van der Waals surface area contributed by atoms with Crippen molar-refractivity contribution in [1.82, 2.24) is 25.5 Å². The van der Waals surface area contributed by atoms with E-state index in [9.17, 15) is 4.79 Å². The molecule has 7 heteroatoms. The van der Waals surface area contributed by atoms with Crippen LogP contribution in [0.25, 0.3) is 0 Å². The first-order chi connectivity index (χ1) is 10.3. The van der Waals surface area contributed by atoms with E-state index in [1.54, 1.807) is 4.90 Å². The van der Waals surface area contributed by atoms with Crippen LogP contribution in [-0.4, -0.2) is 50.6 Å². The van der Waals surface area contributed by atoms with Gasteiger partial charge in [-0.1, -0.05) is 30.3 Å². The zero-order valence-electron chi connectivity index (χ0n) is 11.8. The van der Waals surface area contributed by atoms with Crippen molar-refractivity contribution in [1.29, 1.82) is 0 Å². The highest BCUT2D eigenvalue weighted by Crippen LogP contribution is 2.23. The first-order valence-electron chi connectivity index (χ1n) is 7.01. The fourth-order valence-electron chi connectivity index (χ4n) is 2.31. The molecular formula is C14H17N5O2. The Labute approximate surface area is 122 Å². The van der Waals surface area contributed by atoms with Crippen molar-refractivity contribution in [2.24, 2.45) is 0 Å². The van der Waals surface area contributed by atoms with E-state index in [0.717, 1.165) is 12.2 Å². The summed E-state index contributed by atoms with van der Waals surface area (Å²) in [6.07, 6.45) is 1.17. The van der Waals surface area contributed by atoms with Crippen LogP contribution < -0.4 is 4.74 Å². The molecule has 1 amide bonds. The maximum Gasteiger partial charge on any atom is 0.230 e. The molecule has 2 heterocycles. The standard InChI is InChI=1S/C14H17N5O2/c1-2-10-5-3-4-6-12(10)21-11-8-19(9-11)14(20)7-13-15-17-18-16-13/h3-6,11H,2,7-9H2,1H3,(H,15,16,17,18). The van der Waals surface area contributed by atoms with Gasteiger partial charge in [0.05, 0.1) is 19.5 Å². The van der Waals surface area contributed by atoms with Crippen molar-refractivity contribution < 1.29 is 9.53 Å². The van der Waals surface area contributed by atoms with E-state index in [1.807, 2.05) is 18.2 Å². The summed E-state index contributed by atoms with van der Waals surface area (Å²) in [6.45, 7) is 3.31. The van der Waals surface area contributed by atoms with Gasteiger partial charge >= 0.3 is 0 Å². The number of H-pyrrole nitrogens is 1. The summed E-state index contributed by atoms with van der Waals surface area (Å²) in [5.74, 6) is 1.33. The molecule has 21 heavy (non-hydrogen) atoms. The fourth-order valence-corrected chi connectivity index (χ4v) is 2.31. The molecule has 1 aromatic heterocycles. The second kappa shape index (κ2) is 5.90. The van der Waals surface area contributed by atoms with Gasteiger partial charge in [-0.2, -0.15) is 5.21 Å². The Kier molecular flexibility index (Phi) is 3.81.